The van der Waals surface area contributed by atoms with Crippen molar-refractivity contribution in [3.05, 3.63) is 17.7 Å². The number of amides is 1. The highest BCUT2D eigenvalue weighted by atomic mass is 16.1. The molecule has 1 atom stereocenters. The summed E-state index contributed by atoms with van der Waals surface area (Å²) in [6.07, 6.45) is 4.67. The van der Waals surface area contributed by atoms with E-state index in [0.29, 0.717) is 0 Å². The first kappa shape index (κ1) is 8.29. The molecule has 0 saturated carbocycles. The lowest BCUT2D eigenvalue weighted by Gasteiger charge is -2.19. The smallest absolute Gasteiger partial charge is 0.228 e. The van der Waals surface area contributed by atoms with Gasteiger partial charge in [0.15, 0.2) is 0 Å². The van der Waals surface area contributed by atoms with Gasteiger partial charge in [0.05, 0.1) is 17.9 Å². The van der Waals surface area contributed by atoms with Gasteiger partial charge in [-0.3, -0.25) is 4.79 Å². The summed E-state index contributed by atoms with van der Waals surface area (Å²) in [5.74, 6) is 0.0352. The Morgan fingerprint density at radius 2 is 2.62 bits per heavy atom. The molecule has 13 heavy (non-hydrogen) atoms. The van der Waals surface area contributed by atoms with Crippen LogP contribution in [0.5, 0.6) is 0 Å². The molecule has 0 fully saturated rings. The Morgan fingerprint density at radius 1 is 1.77 bits per heavy atom. The van der Waals surface area contributed by atoms with E-state index in [-0.39, 0.29) is 11.8 Å². The van der Waals surface area contributed by atoms with Crippen LogP contribution < -0.4 is 5.32 Å². The summed E-state index contributed by atoms with van der Waals surface area (Å²) in [6, 6.07) is 0. The number of aromatic nitrogens is 2. The van der Waals surface area contributed by atoms with Crippen LogP contribution in [0.3, 0.4) is 0 Å². The molecule has 1 aromatic heterocycles. The normalized spacial score (nSPS) is 20.8. The van der Waals surface area contributed by atoms with E-state index >= 15 is 0 Å². The molecule has 1 aromatic rings. The third-order valence-electron chi connectivity index (χ3n) is 2.56. The Labute approximate surface area is 76.8 Å². The maximum Gasteiger partial charge on any atom is 0.228 e. The van der Waals surface area contributed by atoms with Gasteiger partial charge < -0.3 is 10.3 Å². The van der Waals surface area contributed by atoms with Crippen molar-refractivity contribution in [3.63, 3.8) is 0 Å². The molecule has 1 heterocycles. The van der Waals surface area contributed by atoms with E-state index in [9.17, 15) is 4.79 Å². The molecule has 1 aliphatic rings. The van der Waals surface area contributed by atoms with Gasteiger partial charge in [-0.2, -0.15) is 0 Å². The van der Waals surface area contributed by atoms with Gasteiger partial charge in [0, 0.05) is 12.7 Å². The summed E-state index contributed by atoms with van der Waals surface area (Å²) in [6.45, 7) is 0. The van der Waals surface area contributed by atoms with Crippen LogP contribution in [0.15, 0.2) is 6.33 Å². The Balaban J connectivity index is 2.30. The van der Waals surface area contributed by atoms with Crippen LogP contribution in [0.4, 0.5) is 0 Å². The van der Waals surface area contributed by atoms with Crippen LogP contribution in [-0.4, -0.2) is 22.9 Å². The first-order chi connectivity index (χ1) is 6.33. The van der Waals surface area contributed by atoms with Gasteiger partial charge >= 0.3 is 0 Å². The van der Waals surface area contributed by atoms with Gasteiger partial charge in [-0.25, -0.2) is 4.98 Å². The highest BCUT2D eigenvalue weighted by Gasteiger charge is 2.27. The molecule has 4 heteroatoms. The molecule has 0 saturated heterocycles. The molecule has 0 spiro atoms. The number of rotatable bonds is 1. The lowest BCUT2D eigenvalue weighted by atomic mass is 9.89. The summed E-state index contributed by atoms with van der Waals surface area (Å²) in [5, 5.41) is 2.67. The van der Waals surface area contributed by atoms with E-state index in [2.05, 4.69) is 15.3 Å². The molecule has 1 unspecified atom stereocenters. The van der Waals surface area contributed by atoms with E-state index < -0.39 is 0 Å². The summed E-state index contributed by atoms with van der Waals surface area (Å²) < 4.78 is 0. The first-order valence-corrected chi connectivity index (χ1v) is 4.56. The highest BCUT2D eigenvalue weighted by Crippen LogP contribution is 2.28. The molecule has 1 amide bonds. The van der Waals surface area contributed by atoms with Gasteiger partial charge in [0.25, 0.3) is 0 Å². The van der Waals surface area contributed by atoms with Crippen LogP contribution in [0.2, 0.25) is 0 Å². The Morgan fingerprint density at radius 3 is 3.38 bits per heavy atom. The number of hydrogen-bond acceptors (Lipinski definition) is 2. The van der Waals surface area contributed by atoms with Crippen molar-refractivity contribution in [3.8, 4) is 0 Å². The number of nitrogens with zero attached hydrogens (tertiary/aromatic N) is 1. The van der Waals surface area contributed by atoms with Crippen molar-refractivity contribution in [2.45, 2.75) is 25.2 Å². The Hall–Kier alpha value is -1.32. The molecule has 0 aliphatic heterocycles. The molecule has 0 bridgehead atoms. The minimum Gasteiger partial charge on any atom is -0.359 e. The number of aromatic amines is 1. The summed E-state index contributed by atoms with van der Waals surface area (Å²) in [7, 11) is 1.67. The largest absolute Gasteiger partial charge is 0.359 e. The Bertz CT molecular complexity index is 318. The van der Waals surface area contributed by atoms with Gasteiger partial charge in [-0.1, -0.05) is 0 Å². The molecule has 0 radical (unpaired) electrons. The zero-order valence-corrected chi connectivity index (χ0v) is 7.63. The van der Waals surface area contributed by atoms with E-state index in [1.54, 1.807) is 13.4 Å². The minimum atomic E-state index is -0.0417. The lowest BCUT2D eigenvalue weighted by molar-refractivity contribution is -0.122. The minimum absolute atomic E-state index is 0.0417. The average molecular weight is 179 g/mol. The predicted octanol–water partition coefficient (Wildman–Crippen LogP) is 0.576. The maximum absolute atomic E-state index is 11.5. The fourth-order valence-corrected chi connectivity index (χ4v) is 1.88. The second-order valence-electron chi connectivity index (χ2n) is 3.33. The second-order valence-corrected chi connectivity index (χ2v) is 3.33. The quantitative estimate of drug-likeness (QED) is 0.662. The number of imidazole rings is 1. The van der Waals surface area contributed by atoms with Gasteiger partial charge in [0.1, 0.15) is 0 Å². The fraction of sp³-hybridized carbons (Fsp3) is 0.556. The lowest BCUT2D eigenvalue weighted by Crippen LogP contribution is -2.28. The van der Waals surface area contributed by atoms with Gasteiger partial charge in [-0.05, 0) is 19.3 Å². The zero-order valence-electron chi connectivity index (χ0n) is 7.63. The number of aryl methyl sites for hydroxylation is 1. The zero-order chi connectivity index (χ0) is 9.26. The first-order valence-electron chi connectivity index (χ1n) is 4.56. The van der Waals surface area contributed by atoms with Crippen LogP contribution in [0.25, 0.3) is 0 Å². The fourth-order valence-electron chi connectivity index (χ4n) is 1.88. The van der Waals surface area contributed by atoms with Crippen molar-refractivity contribution in [1.29, 1.82) is 0 Å². The summed E-state index contributed by atoms with van der Waals surface area (Å²) >= 11 is 0. The van der Waals surface area contributed by atoms with Crippen LogP contribution in [0, 0.1) is 0 Å². The maximum atomic E-state index is 11.5. The standard InChI is InChI=1S/C9H13N3O/c1-10-9(13)6-3-2-4-7-8(6)12-5-11-7/h5-6H,2-4H2,1H3,(H,10,13)(H,11,12). The predicted molar refractivity (Wildman–Crippen MR) is 48.3 cm³/mol. The van der Waals surface area contributed by atoms with E-state index in [0.717, 1.165) is 30.7 Å². The van der Waals surface area contributed by atoms with E-state index in [4.69, 9.17) is 0 Å². The van der Waals surface area contributed by atoms with Crippen molar-refractivity contribution >= 4 is 5.91 Å². The number of H-pyrrole nitrogens is 1. The summed E-state index contributed by atoms with van der Waals surface area (Å²) in [4.78, 5) is 18.7. The molecule has 70 valence electrons. The van der Waals surface area contributed by atoms with Crippen molar-refractivity contribution < 1.29 is 4.79 Å². The molecule has 4 nitrogen and oxygen atoms in total. The number of fused-ring (bicyclic) bond motifs is 1. The average Bonchev–Trinajstić information content (AvgIpc) is 2.63. The van der Waals surface area contributed by atoms with Crippen molar-refractivity contribution in [1.82, 2.24) is 15.3 Å². The highest BCUT2D eigenvalue weighted by molar-refractivity contribution is 5.83. The number of likely N-dealkylation sites (N-methyl/N-ethyl adjacent to an activating group) is 1. The number of carbonyl (C=O) groups is 1. The molecule has 0 aromatic carbocycles. The third-order valence-corrected chi connectivity index (χ3v) is 2.56. The van der Waals surface area contributed by atoms with Gasteiger partial charge in [0.2, 0.25) is 5.91 Å². The second kappa shape index (κ2) is 3.20. The Kier molecular flexibility index (Phi) is 2.04. The molecular weight excluding hydrogens is 166 g/mol. The van der Waals surface area contributed by atoms with Crippen molar-refractivity contribution in [2.24, 2.45) is 0 Å². The van der Waals surface area contributed by atoms with Crippen LogP contribution in [0.1, 0.15) is 30.1 Å². The van der Waals surface area contributed by atoms with Crippen LogP contribution >= 0.6 is 0 Å². The summed E-state index contributed by atoms with van der Waals surface area (Å²) in [5.41, 5.74) is 2.06. The monoisotopic (exact) mass is 179 g/mol. The number of hydrogen-bond donors (Lipinski definition) is 2. The van der Waals surface area contributed by atoms with E-state index in [1.165, 1.54) is 0 Å². The SMILES string of the molecule is CNC(=O)C1CCCc2[nH]cnc21. The number of nitrogens with one attached hydrogen (secondary N) is 2. The molecular formula is C9H13N3O. The molecule has 2 N–H and O–H groups in total. The molecule has 1 aliphatic carbocycles. The topological polar surface area (TPSA) is 57.8 Å². The number of carbonyl (C=O) groups excluding carboxylic acids is 1. The van der Waals surface area contributed by atoms with Gasteiger partial charge in [-0.15, -0.1) is 0 Å². The van der Waals surface area contributed by atoms with E-state index in [1.807, 2.05) is 0 Å². The van der Waals surface area contributed by atoms with Crippen molar-refractivity contribution in [2.75, 3.05) is 7.05 Å². The van der Waals surface area contributed by atoms with Crippen LogP contribution in [-0.2, 0) is 11.2 Å². The molecule has 2 rings (SSSR count). The third kappa shape index (κ3) is 1.32.